The molecule has 0 saturated heterocycles. The van der Waals surface area contributed by atoms with E-state index in [4.69, 9.17) is 15.2 Å². The van der Waals surface area contributed by atoms with Gasteiger partial charge in [0.05, 0.1) is 6.10 Å². The first-order valence-corrected chi connectivity index (χ1v) is 7.03. The van der Waals surface area contributed by atoms with E-state index >= 15 is 0 Å². The van der Waals surface area contributed by atoms with Crippen molar-refractivity contribution in [3.8, 4) is 11.5 Å². The third-order valence-corrected chi connectivity index (χ3v) is 4.55. The van der Waals surface area contributed by atoms with Gasteiger partial charge in [-0.15, -0.1) is 0 Å². The Morgan fingerprint density at radius 3 is 2.63 bits per heavy atom. The summed E-state index contributed by atoms with van der Waals surface area (Å²) in [5, 5.41) is 10.8. The SMILES string of the molecule is NCC1(C(O)c2ccc3c(c2)OCO3)CCCCC1. The van der Waals surface area contributed by atoms with Crippen molar-refractivity contribution in [1.29, 1.82) is 0 Å². The molecule has 0 amide bonds. The largest absolute Gasteiger partial charge is 0.454 e. The van der Waals surface area contributed by atoms with Crippen molar-refractivity contribution in [3.05, 3.63) is 23.8 Å². The van der Waals surface area contributed by atoms with Crippen LogP contribution in [0.25, 0.3) is 0 Å². The summed E-state index contributed by atoms with van der Waals surface area (Å²) in [6.45, 7) is 0.791. The van der Waals surface area contributed by atoms with Gasteiger partial charge < -0.3 is 20.3 Å². The van der Waals surface area contributed by atoms with Gasteiger partial charge in [-0.1, -0.05) is 25.3 Å². The Morgan fingerprint density at radius 2 is 1.89 bits per heavy atom. The Hall–Kier alpha value is -1.26. The summed E-state index contributed by atoms with van der Waals surface area (Å²) in [6, 6.07) is 5.68. The number of ether oxygens (including phenoxy) is 2. The molecule has 1 unspecified atom stereocenters. The molecule has 1 aromatic carbocycles. The number of nitrogens with two attached hydrogens (primary N) is 1. The van der Waals surface area contributed by atoms with Gasteiger partial charge in [-0.3, -0.25) is 0 Å². The van der Waals surface area contributed by atoms with Gasteiger partial charge >= 0.3 is 0 Å². The van der Waals surface area contributed by atoms with Crippen molar-refractivity contribution in [2.45, 2.75) is 38.2 Å². The van der Waals surface area contributed by atoms with Crippen LogP contribution in [0.4, 0.5) is 0 Å². The molecule has 0 radical (unpaired) electrons. The summed E-state index contributed by atoms with van der Waals surface area (Å²) in [6.07, 6.45) is 5.03. The van der Waals surface area contributed by atoms with Gasteiger partial charge in [0, 0.05) is 12.0 Å². The molecule has 1 saturated carbocycles. The van der Waals surface area contributed by atoms with E-state index in [1.54, 1.807) is 0 Å². The van der Waals surface area contributed by atoms with Crippen LogP contribution in [0.5, 0.6) is 11.5 Å². The Balaban J connectivity index is 1.87. The van der Waals surface area contributed by atoms with Crippen LogP contribution >= 0.6 is 0 Å². The van der Waals surface area contributed by atoms with E-state index in [-0.39, 0.29) is 12.2 Å². The van der Waals surface area contributed by atoms with Gasteiger partial charge in [-0.2, -0.15) is 0 Å². The molecule has 1 aliphatic heterocycles. The molecule has 3 rings (SSSR count). The van der Waals surface area contributed by atoms with Crippen molar-refractivity contribution in [2.24, 2.45) is 11.1 Å². The van der Waals surface area contributed by atoms with E-state index in [1.807, 2.05) is 18.2 Å². The number of aliphatic hydroxyl groups excluding tert-OH is 1. The van der Waals surface area contributed by atoms with Gasteiger partial charge in [0.25, 0.3) is 0 Å². The number of aliphatic hydroxyl groups is 1. The van der Waals surface area contributed by atoms with E-state index in [1.165, 1.54) is 6.42 Å². The Labute approximate surface area is 113 Å². The van der Waals surface area contributed by atoms with E-state index in [2.05, 4.69) is 0 Å². The highest BCUT2D eigenvalue weighted by atomic mass is 16.7. The van der Waals surface area contributed by atoms with Gasteiger partial charge in [-0.25, -0.2) is 0 Å². The van der Waals surface area contributed by atoms with E-state index in [0.29, 0.717) is 6.54 Å². The van der Waals surface area contributed by atoms with Gasteiger partial charge in [0.1, 0.15) is 0 Å². The zero-order valence-electron chi connectivity index (χ0n) is 11.1. The molecule has 0 bridgehead atoms. The topological polar surface area (TPSA) is 64.7 Å². The summed E-state index contributed by atoms with van der Waals surface area (Å²) in [7, 11) is 0. The second-order valence-corrected chi connectivity index (χ2v) is 5.64. The average molecular weight is 263 g/mol. The highest BCUT2D eigenvalue weighted by Gasteiger charge is 2.39. The van der Waals surface area contributed by atoms with Crippen LogP contribution in [-0.4, -0.2) is 18.4 Å². The molecule has 1 heterocycles. The lowest BCUT2D eigenvalue weighted by Crippen LogP contribution is -2.38. The molecular formula is C15H21NO3. The standard InChI is InChI=1S/C15H21NO3/c16-9-15(6-2-1-3-7-15)14(17)11-4-5-12-13(8-11)19-10-18-12/h4-5,8,14,17H,1-3,6-7,9-10,16H2. The lowest BCUT2D eigenvalue weighted by atomic mass is 9.68. The quantitative estimate of drug-likeness (QED) is 0.878. The Kier molecular flexibility index (Phi) is 3.37. The van der Waals surface area contributed by atoms with Crippen LogP contribution in [0.1, 0.15) is 43.8 Å². The highest BCUT2D eigenvalue weighted by Crippen LogP contribution is 2.46. The minimum absolute atomic E-state index is 0.175. The predicted octanol–water partition coefficient (Wildman–Crippen LogP) is 2.36. The van der Waals surface area contributed by atoms with Gasteiger partial charge in [-0.05, 0) is 30.5 Å². The van der Waals surface area contributed by atoms with Crippen LogP contribution in [0, 0.1) is 5.41 Å². The van der Waals surface area contributed by atoms with Gasteiger partial charge in [0.2, 0.25) is 6.79 Å². The van der Waals surface area contributed by atoms with Crippen LogP contribution in [0.3, 0.4) is 0 Å². The fourth-order valence-electron chi connectivity index (χ4n) is 3.28. The summed E-state index contributed by atoms with van der Waals surface area (Å²) in [5.41, 5.74) is 6.68. The minimum atomic E-state index is -0.521. The number of benzene rings is 1. The first-order chi connectivity index (χ1) is 9.25. The normalized spacial score (nSPS) is 22.2. The molecule has 4 nitrogen and oxygen atoms in total. The summed E-state index contributed by atoms with van der Waals surface area (Å²) in [4.78, 5) is 0. The van der Waals surface area contributed by atoms with Crippen LogP contribution < -0.4 is 15.2 Å². The summed E-state index contributed by atoms with van der Waals surface area (Å²) < 4.78 is 10.7. The number of fused-ring (bicyclic) bond motifs is 1. The molecule has 3 N–H and O–H groups in total. The van der Waals surface area contributed by atoms with Crippen LogP contribution in [-0.2, 0) is 0 Å². The maximum atomic E-state index is 10.8. The van der Waals surface area contributed by atoms with Crippen molar-refractivity contribution in [2.75, 3.05) is 13.3 Å². The molecule has 1 aromatic rings. The Bertz CT molecular complexity index is 455. The lowest BCUT2D eigenvalue weighted by molar-refractivity contribution is 0.000599. The van der Waals surface area contributed by atoms with Gasteiger partial charge in [0.15, 0.2) is 11.5 Å². The molecule has 1 atom stereocenters. The smallest absolute Gasteiger partial charge is 0.231 e. The van der Waals surface area contributed by atoms with Crippen LogP contribution in [0.15, 0.2) is 18.2 Å². The van der Waals surface area contributed by atoms with Crippen LogP contribution in [0.2, 0.25) is 0 Å². The third-order valence-electron chi connectivity index (χ3n) is 4.55. The third kappa shape index (κ3) is 2.19. The van der Waals surface area contributed by atoms with Crippen molar-refractivity contribution in [1.82, 2.24) is 0 Å². The fraction of sp³-hybridized carbons (Fsp3) is 0.600. The molecule has 2 aliphatic rings. The second kappa shape index (κ2) is 5.02. The maximum Gasteiger partial charge on any atom is 0.231 e. The monoisotopic (exact) mass is 263 g/mol. The second-order valence-electron chi connectivity index (χ2n) is 5.64. The lowest BCUT2D eigenvalue weighted by Gasteiger charge is -2.40. The molecule has 19 heavy (non-hydrogen) atoms. The summed E-state index contributed by atoms with van der Waals surface area (Å²) >= 11 is 0. The average Bonchev–Trinajstić information content (AvgIpc) is 2.94. The van der Waals surface area contributed by atoms with E-state index < -0.39 is 6.10 Å². The molecule has 0 spiro atoms. The molecule has 0 aromatic heterocycles. The van der Waals surface area contributed by atoms with E-state index in [9.17, 15) is 5.11 Å². The fourth-order valence-corrected chi connectivity index (χ4v) is 3.28. The number of hydrogen-bond donors (Lipinski definition) is 2. The maximum absolute atomic E-state index is 10.8. The zero-order chi connectivity index (χ0) is 13.3. The predicted molar refractivity (Wildman–Crippen MR) is 72.1 cm³/mol. The Morgan fingerprint density at radius 1 is 1.16 bits per heavy atom. The molecule has 104 valence electrons. The molecule has 1 aliphatic carbocycles. The highest BCUT2D eigenvalue weighted by molar-refractivity contribution is 5.45. The molecular weight excluding hydrogens is 242 g/mol. The zero-order valence-corrected chi connectivity index (χ0v) is 11.1. The van der Waals surface area contributed by atoms with Crippen molar-refractivity contribution in [3.63, 3.8) is 0 Å². The minimum Gasteiger partial charge on any atom is -0.454 e. The van der Waals surface area contributed by atoms with Crippen molar-refractivity contribution < 1.29 is 14.6 Å². The number of hydrogen-bond acceptors (Lipinski definition) is 4. The summed E-state index contributed by atoms with van der Waals surface area (Å²) in [5.74, 6) is 1.47. The van der Waals surface area contributed by atoms with E-state index in [0.717, 1.165) is 42.7 Å². The molecule has 4 heteroatoms. The first-order valence-electron chi connectivity index (χ1n) is 7.03. The van der Waals surface area contributed by atoms with Crippen molar-refractivity contribution >= 4 is 0 Å². The number of rotatable bonds is 3. The molecule has 1 fully saturated rings. The first kappa shape index (κ1) is 12.8.